The van der Waals surface area contributed by atoms with Crippen molar-refractivity contribution in [3.63, 3.8) is 0 Å². The van der Waals surface area contributed by atoms with Crippen LogP contribution in [0.3, 0.4) is 0 Å². The van der Waals surface area contributed by atoms with E-state index in [9.17, 15) is 12.8 Å². The van der Waals surface area contributed by atoms with Gasteiger partial charge in [0, 0.05) is 38.1 Å². The summed E-state index contributed by atoms with van der Waals surface area (Å²) in [4.78, 5) is 8.62. The molecule has 1 aromatic rings. The molecule has 2 aliphatic rings. The lowest BCUT2D eigenvalue weighted by atomic mass is 10.1. The van der Waals surface area contributed by atoms with Crippen LogP contribution in [0.15, 0.2) is 29.3 Å². The third-order valence-corrected chi connectivity index (χ3v) is 7.74. The number of anilines is 1. The molecule has 6 nitrogen and oxygen atoms in total. The van der Waals surface area contributed by atoms with Crippen molar-refractivity contribution >= 4 is 21.5 Å². The summed E-state index contributed by atoms with van der Waals surface area (Å²) in [5, 5.41) is 0. The Hall–Kier alpha value is -1.83. The molecule has 0 atom stereocenters. The lowest BCUT2D eigenvalue weighted by molar-refractivity contribution is 0.379. The molecule has 1 aromatic carbocycles. The normalized spacial score (nSPS) is 21.2. The maximum absolute atomic E-state index is 13.0. The minimum absolute atomic E-state index is 0.240. The standard InChI is InChI=1S/C18H27FN4O2S/c1-26(24,25)18(8-2-3-9-18)14-21-17(20)23-12-10-22(11-13-23)16-6-4-15(19)5-7-16/h4-7H,2-3,8-14H2,1H3,(H2,20,21). The number of halogens is 1. The van der Waals surface area contributed by atoms with Crippen molar-refractivity contribution in [1.82, 2.24) is 4.90 Å². The van der Waals surface area contributed by atoms with Gasteiger partial charge in [0.25, 0.3) is 0 Å². The van der Waals surface area contributed by atoms with Gasteiger partial charge in [-0.3, -0.25) is 4.99 Å². The van der Waals surface area contributed by atoms with Gasteiger partial charge in [0.2, 0.25) is 0 Å². The highest BCUT2D eigenvalue weighted by atomic mass is 32.2. The van der Waals surface area contributed by atoms with Crippen molar-refractivity contribution < 1.29 is 12.8 Å². The first-order valence-electron chi connectivity index (χ1n) is 9.06. The zero-order valence-electron chi connectivity index (χ0n) is 15.2. The molecule has 0 unspecified atom stereocenters. The predicted octanol–water partition coefficient (Wildman–Crippen LogP) is 1.62. The number of benzene rings is 1. The molecule has 0 bridgehead atoms. The largest absolute Gasteiger partial charge is 0.370 e. The summed E-state index contributed by atoms with van der Waals surface area (Å²) in [6.07, 6.45) is 4.51. The fraction of sp³-hybridized carbons (Fsp3) is 0.611. The Balaban J connectivity index is 1.60. The van der Waals surface area contributed by atoms with Crippen LogP contribution in [0.5, 0.6) is 0 Å². The lowest BCUT2D eigenvalue weighted by Gasteiger charge is -2.37. The highest BCUT2D eigenvalue weighted by Gasteiger charge is 2.43. The van der Waals surface area contributed by atoms with Gasteiger partial charge in [-0.25, -0.2) is 12.8 Å². The zero-order chi connectivity index (χ0) is 18.8. The summed E-state index contributed by atoms with van der Waals surface area (Å²) in [6.45, 7) is 3.19. The predicted molar refractivity (Wildman–Crippen MR) is 103 cm³/mol. The smallest absolute Gasteiger partial charge is 0.191 e. The summed E-state index contributed by atoms with van der Waals surface area (Å²) in [5.74, 6) is 0.175. The average Bonchev–Trinajstić information content (AvgIpc) is 3.11. The topological polar surface area (TPSA) is 79.0 Å². The van der Waals surface area contributed by atoms with Crippen molar-refractivity contribution in [1.29, 1.82) is 0 Å². The zero-order valence-corrected chi connectivity index (χ0v) is 16.0. The van der Waals surface area contributed by atoms with Crippen LogP contribution in [0, 0.1) is 5.82 Å². The van der Waals surface area contributed by atoms with Crippen molar-refractivity contribution in [2.75, 3.05) is 43.9 Å². The maximum Gasteiger partial charge on any atom is 0.191 e. The van der Waals surface area contributed by atoms with Crippen molar-refractivity contribution in [3.8, 4) is 0 Å². The highest BCUT2D eigenvalue weighted by molar-refractivity contribution is 7.92. The molecule has 8 heteroatoms. The third-order valence-electron chi connectivity index (χ3n) is 5.63. The molecular formula is C18H27FN4O2S. The molecule has 1 saturated carbocycles. The molecule has 3 rings (SSSR count). The van der Waals surface area contributed by atoms with E-state index in [1.54, 1.807) is 12.1 Å². The fourth-order valence-corrected chi connectivity index (χ4v) is 5.17. The van der Waals surface area contributed by atoms with Crippen LogP contribution < -0.4 is 10.6 Å². The van der Waals surface area contributed by atoms with E-state index in [2.05, 4.69) is 9.89 Å². The number of rotatable bonds is 4. The Labute approximate surface area is 154 Å². The molecule has 0 aromatic heterocycles. The minimum atomic E-state index is -3.16. The molecule has 1 aliphatic carbocycles. The van der Waals surface area contributed by atoms with E-state index in [4.69, 9.17) is 5.73 Å². The monoisotopic (exact) mass is 382 g/mol. The second-order valence-electron chi connectivity index (χ2n) is 7.29. The van der Waals surface area contributed by atoms with Gasteiger partial charge < -0.3 is 15.5 Å². The van der Waals surface area contributed by atoms with Crippen LogP contribution in [-0.2, 0) is 9.84 Å². The van der Waals surface area contributed by atoms with Crippen LogP contribution in [0.1, 0.15) is 25.7 Å². The second kappa shape index (κ2) is 7.42. The Morgan fingerprint density at radius 2 is 1.73 bits per heavy atom. The van der Waals surface area contributed by atoms with Crippen LogP contribution in [0.25, 0.3) is 0 Å². The van der Waals surface area contributed by atoms with Gasteiger partial charge in [-0.1, -0.05) is 12.8 Å². The van der Waals surface area contributed by atoms with Gasteiger partial charge in [0.05, 0.1) is 11.3 Å². The number of hydrogen-bond acceptors (Lipinski definition) is 4. The molecule has 1 aliphatic heterocycles. The van der Waals surface area contributed by atoms with Crippen molar-refractivity contribution in [2.24, 2.45) is 10.7 Å². The number of piperazine rings is 1. The van der Waals surface area contributed by atoms with E-state index >= 15 is 0 Å². The Bertz CT molecular complexity index is 750. The lowest BCUT2D eigenvalue weighted by Crippen LogP contribution is -2.51. The Morgan fingerprint density at radius 1 is 1.15 bits per heavy atom. The Morgan fingerprint density at radius 3 is 2.27 bits per heavy atom. The highest BCUT2D eigenvalue weighted by Crippen LogP contribution is 2.36. The van der Waals surface area contributed by atoms with Gasteiger partial charge >= 0.3 is 0 Å². The van der Waals surface area contributed by atoms with E-state index in [1.165, 1.54) is 18.4 Å². The van der Waals surface area contributed by atoms with Gasteiger partial charge in [-0.15, -0.1) is 0 Å². The molecule has 26 heavy (non-hydrogen) atoms. The number of nitrogens with zero attached hydrogens (tertiary/aromatic N) is 3. The number of hydrogen-bond donors (Lipinski definition) is 1. The molecule has 1 heterocycles. The second-order valence-corrected chi connectivity index (χ2v) is 9.70. The van der Waals surface area contributed by atoms with Gasteiger partial charge in [0.1, 0.15) is 5.82 Å². The third kappa shape index (κ3) is 3.95. The maximum atomic E-state index is 13.0. The van der Waals surface area contributed by atoms with Crippen molar-refractivity contribution in [2.45, 2.75) is 30.4 Å². The average molecular weight is 383 g/mol. The van der Waals surface area contributed by atoms with Crippen LogP contribution in [-0.4, -0.2) is 63.0 Å². The van der Waals surface area contributed by atoms with Crippen LogP contribution >= 0.6 is 0 Å². The van der Waals surface area contributed by atoms with E-state index < -0.39 is 14.6 Å². The molecule has 144 valence electrons. The SMILES string of the molecule is CS(=O)(=O)C1(CN=C(N)N2CCN(c3ccc(F)cc3)CC2)CCCC1. The number of sulfone groups is 1. The molecule has 1 saturated heterocycles. The molecule has 0 radical (unpaired) electrons. The quantitative estimate of drug-likeness (QED) is 0.632. The number of aliphatic imine (C=N–C) groups is 1. The van der Waals surface area contributed by atoms with Gasteiger partial charge in [-0.2, -0.15) is 0 Å². The first-order chi connectivity index (χ1) is 12.3. The Kier molecular flexibility index (Phi) is 5.41. The van der Waals surface area contributed by atoms with Gasteiger partial charge in [-0.05, 0) is 37.1 Å². The van der Waals surface area contributed by atoms with E-state index in [0.717, 1.165) is 31.6 Å². The molecule has 0 spiro atoms. The summed E-state index contributed by atoms with van der Waals surface area (Å²) in [6, 6.07) is 6.48. The van der Waals surface area contributed by atoms with E-state index in [-0.39, 0.29) is 12.4 Å². The summed E-state index contributed by atoms with van der Waals surface area (Å²) in [5.41, 5.74) is 7.14. The first kappa shape index (κ1) is 18.9. The number of nitrogens with two attached hydrogens (primary N) is 1. The van der Waals surface area contributed by atoms with Gasteiger partial charge in [0.15, 0.2) is 15.8 Å². The fourth-order valence-electron chi connectivity index (χ4n) is 3.84. The van der Waals surface area contributed by atoms with Crippen LogP contribution in [0.2, 0.25) is 0 Å². The molecular weight excluding hydrogens is 355 g/mol. The number of guanidine groups is 1. The first-order valence-corrected chi connectivity index (χ1v) is 10.9. The molecule has 0 amide bonds. The summed E-state index contributed by atoms with van der Waals surface area (Å²) >= 11 is 0. The summed E-state index contributed by atoms with van der Waals surface area (Å²) < 4.78 is 36.7. The minimum Gasteiger partial charge on any atom is -0.370 e. The van der Waals surface area contributed by atoms with Crippen molar-refractivity contribution in [3.05, 3.63) is 30.1 Å². The summed E-state index contributed by atoms with van der Waals surface area (Å²) in [7, 11) is -3.16. The van der Waals surface area contributed by atoms with Crippen LogP contribution in [0.4, 0.5) is 10.1 Å². The van der Waals surface area contributed by atoms with E-state index in [1.807, 2.05) is 4.90 Å². The molecule has 2 fully saturated rings. The molecule has 2 N–H and O–H groups in total. The van der Waals surface area contributed by atoms with E-state index in [0.29, 0.717) is 31.9 Å².